The van der Waals surface area contributed by atoms with E-state index in [0.29, 0.717) is 0 Å². The lowest BCUT2D eigenvalue weighted by Crippen LogP contribution is -2.26. The van der Waals surface area contributed by atoms with E-state index >= 15 is 0 Å². The molecular weight excluding hydrogens is 186 g/mol. The minimum absolute atomic E-state index is 0.759. The van der Waals surface area contributed by atoms with Gasteiger partial charge in [-0.05, 0) is 25.7 Å². The summed E-state index contributed by atoms with van der Waals surface area (Å²) in [6.45, 7) is 2.71. The zero-order valence-electron chi connectivity index (χ0n) is 9.33. The fourth-order valence-electron chi connectivity index (χ4n) is 1.31. The number of nitrogens with zero attached hydrogens (tertiary/aromatic N) is 2. The van der Waals surface area contributed by atoms with Crippen molar-refractivity contribution >= 4 is 0 Å². The molecule has 0 saturated heterocycles. The SMILES string of the molecule is CN(C)CCNCc1ccccc1C#N. The molecule has 3 nitrogen and oxygen atoms in total. The average molecular weight is 203 g/mol. The van der Waals surface area contributed by atoms with Crippen molar-refractivity contribution in [3.8, 4) is 6.07 Å². The minimum Gasteiger partial charge on any atom is -0.311 e. The van der Waals surface area contributed by atoms with Crippen LogP contribution in [0.15, 0.2) is 24.3 Å². The van der Waals surface area contributed by atoms with Crippen molar-refractivity contribution in [3.63, 3.8) is 0 Å². The lowest BCUT2D eigenvalue weighted by Gasteiger charge is -2.10. The molecule has 0 unspecified atom stereocenters. The van der Waals surface area contributed by atoms with E-state index in [-0.39, 0.29) is 0 Å². The van der Waals surface area contributed by atoms with Gasteiger partial charge in [0.25, 0.3) is 0 Å². The van der Waals surface area contributed by atoms with E-state index in [1.807, 2.05) is 38.4 Å². The number of nitrogens with one attached hydrogen (secondary N) is 1. The molecular formula is C12H17N3. The largest absolute Gasteiger partial charge is 0.311 e. The molecule has 1 aromatic rings. The molecule has 0 aliphatic carbocycles. The summed E-state index contributed by atoms with van der Waals surface area (Å²) in [5, 5.41) is 12.2. The highest BCUT2D eigenvalue weighted by Gasteiger charge is 1.99. The maximum Gasteiger partial charge on any atom is 0.0995 e. The predicted octanol–water partition coefficient (Wildman–Crippen LogP) is 1.21. The third kappa shape index (κ3) is 4.11. The molecule has 0 spiro atoms. The van der Waals surface area contributed by atoms with Crippen molar-refractivity contribution in [1.82, 2.24) is 10.2 Å². The van der Waals surface area contributed by atoms with Crippen LogP contribution >= 0.6 is 0 Å². The quantitative estimate of drug-likeness (QED) is 0.731. The molecule has 0 saturated carbocycles. The maximum atomic E-state index is 8.88. The van der Waals surface area contributed by atoms with E-state index in [4.69, 9.17) is 5.26 Å². The van der Waals surface area contributed by atoms with E-state index in [1.54, 1.807) is 0 Å². The Kier molecular flexibility index (Phi) is 4.82. The summed E-state index contributed by atoms with van der Waals surface area (Å²) in [7, 11) is 4.09. The monoisotopic (exact) mass is 203 g/mol. The fourth-order valence-corrected chi connectivity index (χ4v) is 1.31. The van der Waals surface area contributed by atoms with Crippen LogP contribution in [0, 0.1) is 11.3 Å². The lowest BCUT2D eigenvalue weighted by molar-refractivity contribution is 0.400. The zero-order chi connectivity index (χ0) is 11.1. The van der Waals surface area contributed by atoms with Crippen molar-refractivity contribution in [3.05, 3.63) is 35.4 Å². The first-order valence-corrected chi connectivity index (χ1v) is 5.07. The molecule has 0 radical (unpaired) electrons. The molecule has 3 heteroatoms. The van der Waals surface area contributed by atoms with Crippen LogP contribution < -0.4 is 5.32 Å². The molecule has 0 aliphatic heterocycles. The van der Waals surface area contributed by atoms with E-state index in [0.717, 1.165) is 30.8 Å². The van der Waals surface area contributed by atoms with Crippen LogP contribution in [-0.2, 0) is 6.54 Å². The van der Waals surface area contributed by atoms with Crippen molar-refractivity contribution < 1.29 is 0 Å². The Morgan fingerprint density at radius 1 is 1.33 bits per heavy atom. The van der Waals surface area contributed by atoms with Gasteiger partial charge in [0, 0.05) is 19.6 Å². The van der Waals surface area contributed by atoms with Crippen LogP contribution in [0.2, 0.25) is 0 Å². The van der Waals surface area contributed by atoms with Crippen LogP contribution in [0.5, 0.6) is 0 Å². The Morgan fingerprint density at radius 3 is 2.73 bits per heavy atom. The molecule has 80 valence electrons. The van der Waals surface area contributed by atoms with Crippen molar-refractivity contribution in [2.24, 2.45) is 0 Å². The van der Waals surface area contributed by atoms with Gasteiger partial charge in [-0.1, -0.05) is 18.2 Å². The van der Waals surface area contributed by atoms with E-state index in [2.05, 4.69) is 16.3 Å². The van der Waals surface area contributed by atoms with Crippen LogP contribution in [0.4, 0.5) is 0 Å². The summed E-state index contributed by atoms with van der Waals surface area (Å²) in [4.78, 5) is 2.13. The molecule has 0 heterocycles. The van der Waals surface area contributed by atoms with Gasteiger partial charge < -0.3 is 10.2 Å². The summed E-state index contributed by atoms with van der Waals surface area (Å²) >= 11 is 0. The Balaban J connectivity index is 2.41. The van der Waals surface area contributed by atoms with Gasteiger partial charge in [-0.25, -0.2) is 0 Å². The third-order valence-corrected chi connectivity index (χ3v) is 2.19. The molecule has 0 bridgehead atoms. The highest BCUT2D eigenvalue weighted by atomic mass is 15.1. The zero-order valence-corrected chi connectivity index (χ0v) is 9.33. The maximum absolute atomic E-state index is 8.88. The first-order valence-electron chi connectivity index (χ1n) is 5.07. The molecule has 0 amide bonds. The Labute approximate surface area is 91.3 Å². The minimum atomic E-state index is 0.759. The van der Waals surface area contributed by atoms with Crippen molar-refractivity contribution in [1.29, 1.82) is 5.26 Å². The van der Waals surface area contributed by atoms with Gasteiger partial charge in [-0.15, -0.1) is 0 Å². The summed E-state index contributed by atoms with van der Waals surface area (Å²) in [5.74, 6) is 0. The van der Waals surface area contributed by atoms with Gasteiger partial charge in [-0.3, -0.25) is 0 Å². The number of nitriles is 1. The topological polar surface area (TPSA) is 39.1 Å². The van der Waals surface area contributed by atoms with Crippen LogP contribution in [0.1, 0.15) is 11.1 Å². The Hall–Kier alpha value is -1.37. The highest BCUT2D eigenvalue weighted by Crippen LogP contribution is 2.06. The first-order chi connectivity index (χ1) is 7.24. The highest BCUT2D eigenvalue weighted by molar-refractivity contribution is 5.37. The number of rotatable bonds is 5. The number of hydrogen-bond donors (Lipinski definition) is 1. The molecule has 1 rings (SSSR count). The van der Waals surface area contributed by atoms with Gasteiger partial charge >= 0.3 is 0 Å². The van der Waals surface area contributed by atoms with Gasteiger partial charge in [-0.2, -0.15) is 5.26 Å². The normalized spacial score (nSPS) is 10.3. The van der Waals surface area contributed by atoms with E-state index in [1.165, 1.54) is 0 Å². The second-order valence-electron chi connectivity index (χ2n) is 3.75. The van der Waals surface area contributed by atoms with E-state index < -0.39 is 0 Å². The molecule has 1 N–H and O–H groups in total. The number of likely N-dealkylation sites (N-methyl/N-ethyl adjacent to an activating group) is 1. The van der Waals surface area contributed by atoms with Crippen molar-refractivity contribution in [2.45, 2.75) is 6.54 Å². The Bertz CT molecular complexity index is 339. The molecule has 0 aliphatic rings. The molecule has 0 fully saturated rings. The van der Waals surface area contributed by atoms with Gasteiger partial charge in [0.2, 0.25) is 0 Å². The lowest BCUT2D eigenvalue weighted by atomic mass is 10.1. The van der Waals surface area contributed by atoms with Gasteiger partial charge in [0.15, 0.2) is 0 Å². The molecule has 15 heavy (non-hydrogen) atoms. The standard InChI is InChI=1S/C12H17N3/c1-15(2)8-7-14-10-12-6-4-3-5-11(12)9-13/h3-6,14H,7-8,10H2,1-2H3. The molecule has 1 aromatic carbocycles. The van der Waals surface area contributed by atoms with Gasteiger partial charge in [0.05, 0.1) is 11.6 Å². The van der Waals surface area contributed by atoms with Crippen LogP contribution in [-0.4, -0.2) is 32.1 Å². The van der Waals surface area contributed by atoms with Crippen molar-refractivity contribution in [2.75, 3.05) is 27.2 Å². The first kappa shape index (κ1) is 11.7. The molecule has 0 atom stereocenters. The van der Waals surface area contributed by atoms with Crippen LogP contribution in [0.25, 0.3) is 0 Å². The van der Waals surface area contributed by atoms with Gasteiger partial charge in [0.1, 0.15) is 0 Å². The third-order valence-electron chi connectivity index (χ3n) is 2.19. The molecule has 0 aromatic heterocycles. The summed E-state index contributed by atoms with van der Waals surface area (Å²) in [5.41, 5.74) is 1.83. The summed E-state index contributed by atoms with van der Waals surface area (Å²) < 4.78 is 0. The van der Waals surface area contributed by atoms with E-state index in [9.17, 15) is 0 Å². The fraction of sp³-hybridized carbons (Fsp3) is 0.417. The Morgan fingerprint density at radius 2 is 2.07 bits per heavy atom. The second-order valence-corrected chi connectivity index (χ2v) is 3.75. The summed E-state index contributed by atoms with van der Waals surface area (Å²) in [6, 6.07) is 9.89. The van der Waals surface area contributed by atoms with Crippen LogP contribution in [0.3, 0.4) is 0 Å². The number of hydrogen-bond acceptors (Lipinski definition) is 3. The average Bonchev–Trinajstić information content (AvgIpc) is 2.24. The smallest absolute Gasteiger partial charge is 0.0995 e. The number of benzene rings is 1. The summed E-state index contributed by atoms with van der Waals surface area (Å²) in [6.07, 6.45) is 0. The second kappa shape index (κ2) is 6.18. The predicted molar refractivity (Wildman–Crippen MR) is 61.4 cm³/mol.